The third kappa shape index (κ3) is 20.0. The van der Waals surface area contributed by atoms with E-state index in [2.05, 4.69) is 24.5 Å². The third-order valence-electron chi connectivity index (χ3n) is 6.82. The fourth-order valence-electron chi connectivity index (χ4n) is 4.45. The second kappa shape index (κ2) is 24.6. The first-order chi connectivity index (χ1) is 20.3. The van der Waals surface area contributed by atoms with Gasteiger partial charge in [0.2, 0.25) is 23.6 Å². The Bertz CT molecular complexity index is 895. The molecule has 0 bridgehead atoms. The van der Waals surface area contributed by atoms with Crippen LogP contribution in [0.3, 0.4) is 0 Å². The van der Waals surface area contributed by atoms with Gasteiger partial charge in [0.15, 0.2) is 0 Å². The average molecular weight is 591 g/mol. The molecule has 1 rings (SSSR count). The van der Waals surface area contributed by atoms with Gasteiger partial charge in [0.25, 0.3) is 0 Å². The number of nitrogens with two attached hydrogens (primary N) is 1. The normalized spacial score (nSPS) is 10.8. The number of nitrogens with one attached hydrogen (secondary N) is 2. The molecule has 0 aliphatic heterocycles. The molecular formula is C32H54N4O6. The molecular weight excluding hydrogens is 536 g/mol. The highest BCUT2D eigenvalue weighted by Gasteiger charge is 2.14. The van der Waals surface area contributed by atoms with Gasteiger partial charge in [-0.3, -0.25) is 19.2 Å². The van der Waals surface area contributed by atoms with Crippen LogP contribution in [0.15, 0.2) is 24.3 Å². The molecule has 0 aliphatic rings. The van der Waals surface area contributed by atoms with E-state index in [1.807, 2.05) is 29.2 Å². The summed E-state index contributed by atoms with van der Waals surface area (Å²) in [7, 11) is 0. The molecule has 0 unspecified atom stereocenters. The first-order valence-corrected chi connectivity index (χ1v) is 15.7. The van der Waals surface area contributed by atoms with Crippen LogP contribution in [0.1, 0.15) is 102 Å². The number of hydrogen-bond donors (Lipinski definition) is 3. The number of carbonyl (C=O) groups excluding carboxylic acids is 4. The lowest BCUT2D eigenvalue weighted by Gasteiger charge is -2.23. The van der Waals surface area contributed by atoms with Gasteiger partial charge in [-0.15, -0.1) is 0 Å². The number of hydrogen-bond acceptors (Lipinski definition) is 6. The van der Waals surface area contributed by atoms with Crippen molar-refractivity contribution in [2.75, 3.05) is 39.5 Å². The molecule has 0 radical (unpaired) electrons. The lowest BCUT2D eigenvalue weighted by Crippen LogP contribution is -2.37. The standard InChI is InChI=1S/C32H54N4O6/c1-3-5-7-9-11-13-18-36(19-14-12-10-8-6-4-2)32(40)26-42-25-31(39)35-22-28-17-15-16-27(20-28)21-34-30(38)24-41-23-29(33)37/h15-17,20H,3-14,18-19,21-26H2,1-2H3,(H2,33,37)(H,34,38)(H,35,39). The maximum atomic E-state index is 12.9. The van der Waals surface area contributed by atoms with Crippen molar-refractivity contribution < 1.29 is 28.7 Å². The monoisotopic (exact) mass is 590 g/mol. The quantitative estimate of drug-likeness (QED) is 0.139. The van der Waals surface area contributed by atoms with Crippen molar-refractivity contribution in [3.63, 3.8) is 0 Å². The molecule has 0 saturated heterocycles. The number of ether oxygens (including phenoxy) is 2. The molecule has 0 spiro atoms. The zero-order valence-corrected chi connectivity index (χ0v) is 25.9. The van der Waals surface area contributed by atoms with Crippen LogP contribution in [0.4, 0.5) is 0 Å². The summed E-state index contributed by atoms with van der Waals surface area (Å²) in [6, 6.07) is 7.43. The molecule has 0 saturated carbocycles. The number of amides is 4. The minimum Gasteiger partial charge on any atom is -0.368 e. The molecule has 42 heavy (non-hydrogen) atoms. The van der Waals surface area contributed by atoms with Crippen molar-refractivity contribution in [3.05, 3.63) is 35.4 Å². The molecule has 0 fully saturated rings. The summed E-state index contributed by atoms with van der Waals surface area (Å²) < 4.78 is 10.4. The first-order valence-electron chi connectivity index (χ1n) is 15.7. The lowest BCUT2D eigenvalue weighted by molar-refractivity contribution is -0.138. The first kappa shape index (κ1) is 37.0. The summed E-state index contributed by atoms with van der Waals surface area (Å²) in [5, 5.41) is 5.51. The van der Waals surface area contributed by atoms with Crippen molar-refractivity contribution in [1.82, 2.24) is 15.5 Å². The van der Waals surface area contributed by atoms with Crippen LogP contribution in [-0.4, -0.2) is 68.0 Å². The topological polar surface area (TPSA) is 140 Å². The van der Waals surface area contributed by atoms with Crippen LogP contribution in [0.25, 0.3) is 0 Å². The molecule has 4 N–H and O–H groups in total. The van der Waals surface area contributed by atoms with E-state index >= 15 is 0 Å². The molecule has 4 amide bonds. The zero-order valence-electron chi connectivity index (χ0n) is 25.9. The Morgan fingerprint density at radius 3 is 1.60 bits per heavy atom. The second-order valence-electron chi connectivity index (χ2n) is 10.7. The maximum Gasteiger partial charge on any atom is 0.248 e. The summed E-state index contributed by atoms with van der Waals surface area (Å²) in [6.07, 6.45) is 14.1. The summed E-state index contributed by atoms with van der Waals surface area (Å²) in [6.45, 7) is 5.62. The van der Waals surface area contributed by atoms with Gasteiger partial charge in [0, 0.05) is 26.2 Å². The van der Waals surface area contributed by atoms with E-state index in [4.69, 9.17) is 15.2 Å². The Labute approximate surface area is 252 Å². The number of primary amides is 1. The molecule has 0 aliphatic carbocycles. The highest BCUT2D eigenvalue weighted by molar-refractivity contribution is 5.80. The van der Waals surface area contributed by atoms with E-state index in [0.717, 1.165) is 49.9 Å². The number of carbonyl (C=O) groups is 4. The number of benzene rings is 1. The molecule has 238 valence electrons. The molecule has 1 aromatic rings. The minimum absolute atomic E-state index is 0.0558. The van der Waals surface area contributed by atoms with E-state index in [1.54, 1.807) is 0 Å². The van der Waals surface area contributed by atoms with Crippen LogP contribution < -0.4 is 16.4 Å². The summed E-state index contributed by atoms with van der Waals surface area (Å²) in [4.78, 5) is 49.6. The largest absolute Gasteiger partial charge is 0.368 e. The van der Waals surface area contributed by atoms with Gasteiger partial charge in [-0.25, -0.2) is 0 Å². The molecule has 10 nitrogen and oxygen atoms in total. The third-order valence-corrected chi connectivity index (χ3v) is 6.82. The Morgan fingerprint density at radius 1 is 0.667 bits per heavy atom. The van der Waals surface area contributed by atoms with E-state index in [-0.39, 0.29) is 50.7 Å². The molecule has 0 aromatic heterocycles. The molecule has 0 heterocycles. The van der Waals surface area contributed by atoms with Crippen molar-refractivity contribution >= 4 is 23.6 Å². The lowest BCUT2D eigenvalue weighted by atomic mass is 10.1. The summed E-state index contributed by atoms with van der Waals surface area (Å²) in [5.74, 6) is -1.35. The van der Waals surface area contributed by atoms with Gasteiger partial charge in [0.05, 0.1) is 0 Å². The number of unbranched alkanes of at least 4 members (excludes halogenated alkanes) is 10. The van der Waals surface area contributed by atoms with E-state index in [1.165, 1.54) is 51.4 Å². The van der Waals surface area contributed by atoms with Crippen molar-refractivity contribution in [2.24, 2.45) is 5.73 Å². The fourth-order valence-corrected chi connectivity index (χ4v) is 4.45. The fraction of sp³-hybridized carbons (Fsp3) is 0.688. The Morgan fingerprint density at radius 2 is 1.12 bits per heavy atom. The Hall–Kier alpha value is -2.98. The van der Waals surface area contributed by atoms with Crippen LogP contribution >= 0.6 is 0 Å². The van der Waals surface area contributed by atoms with Crippen molar-refractivity contribution in [3.8, 4) is 0 Å². The predicted octanol–water partition coefficient (Wildman–Crippen LogP) is 3.99. The Balaban J connectivity index is 2.39. The second-order valence-corrected chi connectivity index (χ2v) is 10.7. The van der Waals surface area contributed by atoms with Crippen molar-refractivity contribution in [2.45, 2.75) is 104 Å². The van der Waals surface area contributed by atoms with Gasteiger partial charge in [0.1, 0.15) is 26.4 Å². The molecule has 10 heteroatoms. The average Bonchev–Trinajstić information content (AvgIpc) is 2.97. The van der Waals surface area contributed by atoms with Gasteiger partial charge < -0.3 is 30.7 Å². The van der Waals surface area contributed by atoms with E-state index < -0.39 is 5.91 Å². The van der Waals surface area contributed by atoms with E-state index in [9.17, 15) is 19.2 Å². The summed E-state index contributed by atoms with van der Waals surface area (Å²) >= 11 is 0. The van der Waals surface area contributed by atoms with Crippen molar-refractivity contribution in [1.29, 1.82) is 0 Å². The smallest absolute Gasteiger partial charge is 0.248 e. The van der Waals surface area contributed by atoms with Gasteiger partial charge in [-0.1, -0.05) is 102 Å². The predicted molar refractivity (Wildman–Crippen MR) is 164 cm³/mol. The maximum absolute atomic E-state index is 12.9. The van der Waals surface area contributed by atoms with Gasteiger partial charge in [-0.05, 0) is 24.0 Å². The SMILES string of the molecule is CCCCCCCCN(CCCCCCCC)C(=O)COCC(=O)NCc1cccc(CNC(=O)COCC(N)=O)c1. The zero-order chi connectivity index (χ0) is 30.8. The Kier molecular flexibility index (Phi) is 21.7. The minimum atomic E-state index is -0.636. The van der Waals surface area contributed by atoms with Crippen LogP contribution in [-0.2, 0) is 41.7 Å². The van der Waals surface area contributed by atoms with Crippen LogP contribution in [0.5, 0.6) is 0 Å². The van der Waals surface area contributed by atoms with E-state index in [0.29, 0.717) is 6.54 Å². The highest BCUT2D eigenvalue weighted by Crippen LogP contribution is 2.10. The summed E-state index contributed by atoms with van der Waals surface area (Å²) in [5.41, 5.74) is 6.69. The van der Waals surface area contributed by atoms with Crippen LogP contribution in [0, 0.1) is 0 Å². The highest BCUT2D eigenvalue weighted by atomic mass is 16.5. The number of rotatable bonds is 26. The van der Waals surface area contributed by atoms with Crippen LogP contribution in [0.2, 0.25) is 0 Å². The van der Waals surface area contributed by atoms with Gasteiger partial charge in [-0.2, -0.15) is 0 Å². The number of nitrogens with zero attached hydrogens (tertiary/aromatic N) is 1. The van der Waals surface area contributed by atoms with Gasteiger partial charge >= 0.3 is 0 Å². The molecule has 0 atom stereocenters. The molecule has 1 aromatic carbocycles.